The van der Waals surface area contributed by atoms with E-state index in [0.717, 1.165) is 12.8 Å². The molecule has 0 saturated heterocycles. The van der Waals surface area contributed by atoms with Crippen molar-refractivity contribution in [3.8, 4) is 0 Å². The van der Waals surface area contributed by atoms with Gasteiger partial charge >= 0.3 is 0 Å². The predicted molar refractivity (Wildman–Crippen MR) is 64.7 cm³/mol. The Hall–Kier alpha value is -0.600. The van der Waals surface area contributed by atoms with Crippen molar-refractivity contribution in [3.05, 3.63) is 23.3 Å². The number of aliphatic hydroxyl groups excluding tert-OH is 1. The van der Waals surface area contributed by atoms with Gasteiger partial charge in [-0.15, -0.1) is 0 Å². The number of allylic oxidation sites excluding steroid dienone is 3. The molecule has 0 fully saturated rings. The topological polar surface area (TPSA) is 29.5 Å². The van der Waals surface area contributed by atoms with Gasteiger partial charge in [0.1, 0.15) is 0 Å². The van der Waals surface area contributed by atoms with Crippen molar-refractivity contribution < 1.29 is 9.84 Å². The predicted octanol–water partition coefficient (Wildman–Crippen LogP) is 3.42. The van der Waals surface area contributed by atoms with E-state index in [-0.39, 0.29) is 0 Å². The van der Waals surface area contributed by atoms with Crippen LogP contribution >= 0.6 is 0 Å². The maximum absolute atomic E-state index is 9.16. The molecule has 0 aromatic heterocycles. The summed E-state index contributed by atoms with van der Waals surface area (Å²) in [4.78, 5) is 0. The maximum Gasteiger partial charge on any atom is 0.154 e. The lowest BCUT2D eigenvalue weighted by Gasteiger charge is -2.07. The van der Waals surface area contributed by atoms with Gasteiger partial charge in [-0.05, 0) is 40.0 Å². The van der Waals surface area contributed by atoms with E-state index < -0.39 is 6.29 Å². The van der Waals surface area contributed by atoms with Crippen molar-refractivity contribution in [1.29, 1.82) is 0 Å². The summed E-state index contributed by atoms with van der Waals surface area (Å²) in [6.07, 6.45) is 6.45. The molecule has 0 rings (SSSR count). The normalized spacial score (nSPS) is 13.8. The Kier molecular flexibility index (Phi) is 8.34. The second kappa shape index (κ2) is 8.69. The third-order valence-corrected chi connectivity index (χ3v) is 2.16. The lowest BCUT2D eigenvalue weighted by Crippen LogP contribution is -2.09. The largest absolute Gasteiger partial charge is 0.368 e. The van der Waals surface area contributed by atoms with Gasteiger partial charge in [0, 0.05) is 0 Å². The van der Waals surface area contributed by atoms with E-state index in [9.17, 15) is 0 Å². The summed E-state index contributed by atoms with van der Waals surface area (Å²) >= 11 is 0. The molecule has 0 aliphatic carbocycles. The second-order valence-corrected chi connectivity index (χ2v) is 4.07. The van der Waals surface area contributed by atoms with Gasteiger partial charge < -0.3 is 9.84 Å². The number of aliphatic hydroxyl groups is 1. The van der Waals surface area contributed by atoms with E-state index in [0.29, 0.717) is 13.0 Å². The molecule has 0 spiro atoms. The molecule has 0 aliphatic heterocycles. The molecule has 0 heterocycles. The zero-order valence-corrected chi connectivity index (χ0v) is 10.4. The molecule has 0 amide bonds. The summed E-state index contributed by atoms with van der Waals surface area (Å²) in [5.74, 6) is 0. The van der Waals surface area contributed by atoms with E-state index in [1.807, 2.05) is 13.0 Å². The Morgan fingerprint density at radius 3 is 2.47 bits per heavy atom. The van der Waals surface area contributed by atoms with E-state index in [1.165, 1.54) is 11.1 Å². The first-order valence-electron chi connectivity index (χ1n) is 5.65. The number of hydrogen-bond donors (Lipinski definition) is 1. The fourth-order valence-corrected chi connectivity index (χ4v) is 1.11. The fraction of sp³-hybridized carbons (Fsp3) is 0.692. The van der Waals surface area contributed by atoms with Crippen LogP contribution in [0.5, 0.6) is 0 Å². The molecule has 0 radical (unpaired) electrons. The highest BCUT2D eigenvalue weighted by molar-refractivity contribution is 5.02. The molecular formula is C13H24O2. The standard InChI is InChI=1S/C13H24O2/c1-5-13(14)15-10-9-12(4)8-6-7-11(2)3/h7,9,13-14H,5-6,8,10H2,1-4H3/b12-9+. The summed E-state index contributed by atoms with van der Waals surface area (Å²) in [5, 5.41) is 9.16. The van der Waals surface area contributed by atoms with Crippen LogP contribution in [-0.2, 0) is 4.74 Å². The highest BCUT2D eigenvalue weighted by Gasteiger charge is 1.97. The Morgan fingerprint density at radius 1 is 1.27 bits per heavy atom. The third-order valence-electron chi connectivity index (χ3n) is 2.16. The van der Waals surface area contributed by atoms with Crippen molar-refractivity contribution in [3.63, 3.8) is 0 Å². The molecule has 0 bridgehead atoms. The zero-order valence-electron chi connectivity index (χ0n) is 10.4. The first-order chi connectivity index (χ1) is 7.06. The molecule has 0 saturated carbocycles. The van der Waals surface area contributed by atoms with Crippen LogP contribution in [0.4, 0.5) is 0 Å². The lowest BCUT2D eigenvalue weighted by molar-refractivity contribution is -0.0898. The molecule has 0 aromatic carbocycles. The molecule has 1 atom stereocenters. The van der Waals surface area contributed by atoms with Gasteiger partial charge in [-0.25, -0.2) is 0 Å². The number of rotatable bonds is 7. The van der Waals surface area contributed by atoms with Gasteiger partial charge in [-0.1, -0.05) is 30.2 Å². The smallest absolute Gasteiger partial charge is 0.154 e. The van der Waals surface area contributed by atoms with Gasteiger partial charge in [0.2, 0.25) is 0 Å². The van der Waals surface area contributed by atoms with E-state index in [4.69, 9.17) is 9.84 Å². The molecule has 15 heavy (non-hydrogen) atoms. The highest BCUT2D eigenvalue weighted by atomic mass is 16.6. The van der Waals surface area contributed by atoms with Crippen molar-refractivity contribution in [1.82, 2.24) is 0 Å². The molecule has 2 nitrogen and oxygen atoms in total. The number of ether oxygens (including phenoxy) is 1. The minimum Gasteiger partial charge on any atom is -0.368 e. The fourth-order valence-electron chi connectivity index (χ4n) is 1.11. The Labute approximate surface area is 93.6 Å². The highest BCUT2D eigenvalue weighted by Crippen LogP contribution is 2.06. The van der Waals surface area contributed by atoms with Gasteiger partial charge in [0.05, 0.1) is 6.61 Å². The SMILES string of the molecule is CCC(O)OC/C=C(\C)CCC=C(C)C. The molecular weight excluding hydrogens is 188 g/mol. The first kappa shape index (κ1) is 14.4. The summed E-state index contributed by atoms with van der Waals surface area (Å²) in [7, 11) is 0. The summed E-state index contributed by atoms with van der Waals surface area (Å²) in [6.45, 7) is 8.73. The summed E-state index contributed by atoms with van der Waals surface area (Å²) in [5.41, 5.74) is 2.68. The van der Waals surface area contributed by atoms with Crippen molar-refractivity contribution in [2.75, 3.05) is 6.61 Å². The van der Waals surface area contributed by atoms with Crippen LogP contribution in [0.15, 0.2) is 23.3 Å². The number of hydrogen-bond acceptors (Lipinski definition) is 2. The minimum absolute atomic E-state index is 0.510. The van der Waals surface area contributed by atoms with Crippen LogP contribution in [0.2, 0.25) is 0 Å². The monoisotopic (exact) mass is 212 g/mol. The van der Waals surface area contributed by atoms with Gasteiger partial charge in [0.25, 0.3) is 0 Å². The van der Waals surface area contributed by atoms with E-state index in [2.05, 4.69) is 26.8 Å². The first-order valence-corrected chi connectivity index (χ1v) is 5.65. The van der Waals surface area contributed by atoms with Crippen LogP contribution in [-0.4, -0.2) is 18.0 Å². The Bertz CT molecular complexity index is 213. The Morgan fingerprint density at radius 2 is 1.93 bits per heavy atom. The van der Waals surface area contributed by atoms with E-state index in [1.54, 1.807) is 0 Å². The summed E-state index contributed by atoms with van der Waals surface area (Å²) in [6, 6.07) is 0. The van der Waals surface area contributed by atoms with Crippen LogP contribution < -0.4 is 0 Å². The maximum atomic E-state index is 9.16. The lowest BCUT2D eigenvalue weighted by atomic mass is 10.1. The van der Waals surface area contributed by atoms with Crippen LogP contribution in [0.3, 0.4) is 0 Å². The zero-order chi connectivity index (χ0) is 11.7. The van der Waals surface area contributed by atoms with Gasteiger partial charge in [0.15, 0.2) is 6.29 Å². The van der Waals surface area contributed by atoms with E-state index >= 15 is 0 Å². The molecule has 0 aliphatic rings. The quantitative estimate of drug-likeness (QED) is 0.517. The van der Waals surface area contributed by atoms with Crippen LogP contribution in [0, 0.1) is 0 Å². The molecule has 1 unspecified atom stereocenters. The van der Waals surface area contributed by atoms with Crippen molar-refractivity contribution >= 4 is 0 Å². The molecule has 0 aromatic rings. The minimum atomic E-state index is -0.619. The average Bonchev–Trinajstić information content (AvgIpc) is 2.17. The average molecular weight is 212 g/mol. The van der Waals surface area contributed by atoms with Crippen molar-refractivity contribution in [2.45, 2.75) is 53.2 Å². The third kappa shape index (κ3) is 9.70. The molecule has 2 heteroatoms. The Balaban J connectivity index is 3.65. The summed E-state index contributed by atoms with van der Waals surface area (Å²) < 4.78 is 5.15. The van der Waals surface area contributed by atoms with Crippen LogP contribution in [0.1, 0.15) is 47.0 Å². The van der Waals surface area contributed by atoms with Gasteiger partial charge in [-0.3, -0.25) is 0 Å². The molecule has 1 N–H and O–H groups in total. The van der Waals surface area contributed by atoms with Gasteiger partial charge in [-0.2, -0.15) is 0 Å². The van der Waals surface area contributed by atoms with Crippen LogP contribution in [0.25, 0.3) is 0 Å². The van der Waals surface area contributed by atoms with Crippen molar-refractivity contribution in [2.24, 2.45) is 0 Å². The molecule has 88 valence electrons. The second-order valence-electron chi connectivity index (χ2n) is 4.07.